The summed E-state index contributed by atoms with van der Waals surface area (Å²) in [6, 6.07) is 14.5. The minimum atomic E-state index is -3.67. The summed E-state index contributed by atoms with van der Waals surface area (Å²) in [5.41, 5.74) is 2.58. The van der Waals surface area contributed by atoms with Crippen LogP contribution < -0.4 is 10.0 Å². The van der Waals surface area contributed by atoms with Crippen molar-refractivity contribution in [3.8, 4) is 0 Å². The highest BCUT2D eigenvalue weighted by Crippen LogP contribution is 2.27. The third-order valence-electron chi connectivity index (χ3n) is 6.54. The van der Waals surface area contributed by atoms with Crippen molar-refractivity contribution in [3.05, 3.63) is 71.7 Å². The summed E-state index contributed by atoms with van der Waals surface area (Å²) in [6.45, 7) is 3.90. The molecule has 0 unspecified atom stereocenters. The molecule has 8 heteroatoms. The molecule has 0 spiro atoms. The largest absolute Gasteiger partial charge is 0.349 e. The number of amides is 1. The average molecular weight is 484 g/mol. The van der Waals surface area contributed by atoms with Gasteiger partial charge in [-0.3, -0.25) is 9.78 Å². The number of pyridine rings is 1. The quantitative estimate of drug-likeness (QED) is 0.512. The lowest BCUT2D eigenvalue weighted by atomic mass is 9.85. The highest BCUT2D eigenvalue weighted by atomic mass is 32.2. The van der Waals surface area contributed by atoms with Crippen LogP contribution in [0.4, 0.5) is 4.39 Å². The number of rotatable bonds is 7. The van der Waals surface area contributed by atoms with Gasteiger partial charge in [-0.25, -0.2) is 17.5 Å². The van der Waals surface area contributed by atoms with E-state index in [0.717, 1.165) is 28.6 Å². The summed E-state index contributed by atoms with van der Waals surface area (Å²) in [5.74, 6) is -0.524. The number of halogens is 1. The van der Waals surface area contributed by atoms with Crippen molar-refractivity contribution in [2.45, 2.75) is 62.9 Å². The first-order valence-corrected chi connectivity index (χ1v) is 13.2. The molecule has 1 aliphatic carbocycles. The van der Waals surface area contributed by atoms with E-state index in [1.165, 1.54) is 12.1 Å². The summed E-state index contributed by atoms with van der Waals surface area (Å²) in [6.07, 6.45) is 3.23. The summed E-state index contributed by atoms with van der Waals surface area (Å²) in [4.78, 5) is 17.5. The number of nitrogens with one attached hydrogen (secondary N) is 2. The third kappa shape index (κ3) is 5.62. The number of benzene rings is 2. The average Bonchev–Trinajstić information content (AvgIpc) is 2.83. The molecule has 2 N–H and O–H groups in total. The minimum absolute atomic E-state index is 0.0494. The Hall–Kier alpha value is -2.84. The molecule has 0 aliphatic heterocycles. The van der Waals surface area contributed by atoms with Crippen molar-refractivity contribution >= 4 is 26.8 Å². The van der Waals surface area contributed by atoms with Crippen LogP contribution in [0, 0.1) is 11.7 Å². The van der Waals surface area contributed by atoms with Crippen molar-refractivity contribution in [1.29, 1.82) is 0 Å². The van der Waals surface area contributed by atoms with E-state index in [-0.39, 0.29) is 34.6 Å². The number of fused-ring (bicyclic) bond motifs is 1. The molecule has 6 nitrogen and oxygen atoms in total. The van der Waals surface area contributed by atoms with Gasteiger partial charge < -0.3 is 5.32 Å². The maximum absolute atomic E-state index is 13.1. The Labute approximate surface area is 200 Å². The lowest BCUT2D eigenvalue weighted by Crippen LogP contribution is -2.41. The highest BCUT2D eigenvalue weighted by Gasteiger charge is 2.30. The zero-order chi connectivity index (χ0) is 24.3. The van der Waals surface area contributed by atoms with Gasteiger partial charge in [0.05, 0.1) is 16.5 Å². The van der Waals surface area contributed by atoms with Crippen molar-refractivity contribution in [2.75, 3.05) is 0 Å². The number of hydrogen-bond acceptors (Lipinski definition) is 4. The Morgan fingerprint density at radius 3 is 2.44 bits per heavy atom. The van der Waals surface area contributed by atoms with Crippen LogP contribution in [0.25, 0.3) is 10.9 Å². The smallest absolute Gasteiger partial charge is 0.240 e. The lowest BCUT2D eigenvalue weighted by molar-refractivity contribution is -0.126. The second-order valence-corrected chi connectivity index (χ2v) is 10.7. The topological polar surface area (TPSA) is 88.2 Å². The van der Waals surface area contributed by atoms with Crippen molar-refractivity contribution in [1.82, 2.24) is 15.0 Å². The Balaban J connectivity index is 1.33. The Morgan fingerprint density at radius 1 is 1.06 bits per heavy atom. The fourth-order valence-corrected chi connectivity index (χ4v) is 5.78. The number of aromatic nitrogens is 1. The van der Waals surface area contributed by atoms with Crippen LogP contribution in [0.1, 0.15) is 56.8 Å². The molecule has 34 heavy (non-hydrogen) atoms. The lowest BCUT2D eigenvalue weighted by Gasteiger charge is -2.29. The number of nitrogens with zero attached hydrogens (tertiary/aromatic N) is 1. The summed E-state index contributed by atoms with van der Waals surface area (Å²) in [5, 5.41) is 3.78. The van der Waals surface area contributed by atoms with E-state index in [1.54, 1.807) is 30.3 Å². The van der Waals surface area contributed by atoms with E-state index in [4.69, 9.17) is 0 Å². The normalized spacial score (nSPS) is 19.6. The van der Waals surface area contributed by atoms with Gasteiger partial charge in [0.2, 0.25) is 15.9 Å². The molecule has 0 bridgehead atoms. The predicted octanol–water partition coefficient (Wildman–Crippen LogP) is 4.65. The second-order valence-electron chi connectivity index (χ2n) is 8.96. The van der Waals surface area contributed by atoms with E-state index in [2.05, 4.69) is 15.0 Å². The fraction of sp³-hybridized carbons (Fsp3) is 0.385. The monoisotopic (exact) mass is 483 g/mol. The maximum Gasteiger partial charge on any atom is 0.240 e. The zero-order valence-electron chi connectivity index (χ0n) is 19.4. The Bertz CT molecular complexity index is 1270. The zero-order valence-corrected chi connectivity index (χ0v) is 20.2. The first-order chi connectivity index (χ1) is 16.2. The van der Waals surface area contributed by atoms with Crippen LogP contribution in [-0.4, -0.2) is 25.4 Å². The van der Waals surface area contributed by atoms with Gasteiger partial charge in [-0.15, -0.1) is 0 Å². The van der Waals surface area contributed by atoms with Gasteiger partial charge in [0.15, 0.2) is 0 Å². The molecule has 4 rings (SSSR count). The molecule has 1 saturated carbocycles. The molecule has 1 atom stereocenters. The summed E-state index contributed by atoms with van der Waals surface area (Å²) >= 11 is 0. The molecule has 1 heterocycles. The Kier molecular flexibility index (Phi) is 7.28. The molecule has 180 valence electrons. The standard InChI is InChI=1S/C26H30FN3O3S/c1-3-22-11-8-20-16-24(14-15-25(20)29-22)34(32,33)30-23-12-6-19(7-13-23)26(31)28-17(2)18-4-9-21(27)10-5-18/h4-5,8-11,14-17,19,23,30H,3,6-7,12-13H2,1-2H3,(H,28,31)/t17-,19?,23?/m1/s1. The van der Waals surface area contributed by atoms with Crippen molar-refractivity contribution in [2.24, 2.45) is 5.92 Å². The van der Waals surface area contributed by atoms with E-state index < -0.39 is 10.0 Å². The molecule has 0 saturated heterocycles. The highest BCUT2D eigenvalue weighted by molar-refractivity contribution is 7.89. The minimum Gasteiger partial charge on any atom is -0.349 e. The number of hydrogen-bond donors (Lipinski definition) is 2. The van der Waals surface area contributed by atoms with Gasteiger partial charge in [0.1, 0.15) is 5.82 Å². The number of sulfonamides is 1. The molecule has 1 amide bonds. The van der Waals surface area contributed by atoms with E-state index >= 15 is 0 Å². The van der Waals surface area contributed by atoms with Gasteiger partial charge in [0.25, 0.3) is 0 Å². The van der Waals surface area contributed by atoms with Crippen LogP contribution >= 0.6 is 0 Å². The van der Waals surface area contributed by atoms with Crippen LogP contribution in [-0.2, 0) is 21.2 Å². The number of aryl methyl sites for hydroxylation is 1. The first kappa shape index (κ1) is 24.3. The fourth-order valence-electron chi connectivity index (χ4n) is 4.44. The van der Waals surface area contributed by atoms with Gasteiger partial charge in [-0.05, 0) is 81.0 Å². The molecular formula is C26H30FN3O3S. The van der Waals surface area contributed by atoms with Crippen LogP contribution in [0.2, 0.25) is 0 Å². The van der Waals surface area contributed by atoms with Gasteiger partial charge in [-0.1, -0.05) is 25.1 Å². The van der Waals surface area contributed by atoms with E-state index in [9.17, 15) is 17.6 Å². The molecule has 0 radical (unpaired) electrons. The SMILES string of the molecule is CCc1ccc2cc(S(=O)(=O)NC3CCC(C(=O)N[C@H](C)c4ccc(F)cc4)CC3)ccc2n1. The summed E-state index contributed by atoms with van der Waals surface area (Å²) < 4.78 is 41.9. The second kappa shape index (κ2) is 10.2. The van der Waals surface area contributed by atoms with E-state index in [0.29, 0.717) is 25.7 Å². The van der Waals surface area contributed by atoms with Gasteiger partial charge in [0, 0.05) is 23.0 Å². The van der Waals surface area contributed by atoms with Crippen molar-refractivity contribution < 1.29 is 17.6 Å². The maximum atomic E-state index is 13.1. The number of carbonyl (C=O) groups is 1. The molecule has 2 aromatic carbocycles. The molecule has 1 aliphatic rings. The third-order valence-corrected chi connectivity index (χ3v) is 8.06. The first-order valence-electron chi connectivity index (χ1n) is 11.7. The molecule has 3 aromatic rings. The number of carbonyl (C=O) groups excluding carboxylic acids is 1. The van der Waals surface area contributed by atoms with E-state index in [1.807, 2.05) is 26.0 Å². The van der Waals surface area contributed by atoms with Gasteiger partial charge in [-0.2, -0.15) is 0 Å². The Morgan fingerprint density at radius 2 is 1.76 bits per heavy atom. The summed E-state index contributed by atoms with van der Waals surface area (Å²) in [7, 11) is -3.67. The van der Waals surface area contributed by atoms with Gasteiger partial charge >= 0.3 is 0 Å². The van der Waals surface area contributed by atoms with Crippen LogP contribution in [0.3, 0.4) is 0 Å². The van der Waals surface area contributed by atoms with Crippen molar-refractivity contribution in [3.63, 3.8) is 0 Å². The molecule has 1 fully saturated rings. The van der Waals surface area contributed by atoms with Crippen LogP contribution in [0.15, 0.2) is 59.5 Å². The van der Waals surface area contributed by atoms with Crippen LogP contribution in [0.5, 0.6) is 0 Å². The molecule has 1 aromatic heterocycles. The predicted molar refractivity (Wildman–Crippen MR) is 130 cm³/mol. The molecular weight excluding hydrogens is 453 g/mol.